The molecule has 1 aliphatic carbocycles. The van der Waals surface area contributed by atoms with Crippen LogP contribution in [0.5, 0.6) is 0 Å². The van der Waals surface area contributed by atoms with Crippen LogP contribution in [-0.2, 0) is 10.0 Å². The molecule has 0 bridgehead atoms. The molecule has 2 unspecified atom stereocenters. The summed E-state index contributed by atoms with van der Waals surface area (Å²) in [6.07, 6.45) is -0.494. The molecule has 0 spiro atoms. The van der Waals surface area contributed by atoms with Gasteiger partial charge in [0.2, 0.25) is 10.0 Å². The SMILES string of the molecule is Cc1ccc(S(=O)(=O)NC(C)(C)C)c(C2CC2F)c1. The molecule has 106 valence electrons. The lowest BCUT2D eigenvalue weighted by Crippen LogP contribution is -2.40. The molecule has 3 nitrogen and oxygen atoms in total. The van der Waals surface area contributed by atoms with Crippen molar-refractivity contribution in [1.82, 2.24) is 4.72 Å². The van der Waals surface area contributed by atoms with Gasteiger partial charge in [-0.25, -0.2) is 17.5 Å². The fraction of sp³-hybridized carbons (Fsp3) is 0.571. The number of sulfonamides is 1. The predicted molar refractivity (Wildman–Crippen MR) is 73.5 cm³/mol. The van der Waals surface area contributed by atoms with Crippen LogP contribution < -0.4 is 4.72 Å². The Hall–Kier alpha value is -0.940. The van der Waals surface area contributed by atoms with Crippen molar-refractivity contribution in [3.05, 3.63) is 29.3 Å². The van der Waals surface area contributed by atoms with Gasteiger partial charge in [0.15, 0.2) is 0 Å². The minimum absolute atomic E-state index is 0.207. The molecule has 0 heterocycles. The lowest BCUT2D eigenvalue weighted by Gasteiger charge is -2.21. The van der Waals surface area contributed by atoms with Crippen molar-refractivity contribution >= 4 is 10.0 Å². The van der Waals surface area contributed by atoms with Gasteiger partial charge >= 0.3 is 0 Å². The Labute approximate surface area is 114 Å². The van der Waals surface area contributed by atoms with Gasteiger partial charge in [0, 0.05) is 11.5 Å². The Kier molecular flexibility index (Phi) is 3.47. The Morgan fingerprint density at radius 1 is 1.32 bits per heavy atom. The zero-order chi connectivity index (χ0) is 14.4. The number of alkyl halides is 1. The first kappa shape index (κ1) is 14.5. The molecule has 1 N–H and O–H groups in total. The van der Waals surface area contributed by atoms with Crippen molar-refractivity contribution < 1.29 is 12.8 Å². The number of benzene rings is 1. The van der Waals surface area contributed by atoms with Crippen molar-refractivity contribution in [2.45, 2.75) is 56.6 Å². The van der Waals surface area contributed by atoms with Gasteiger partial charge < -0.3 is 0 Å². The van der Waals surface area contributed by atoms with Gasteiger partial charge in [0.1, 0.15) is 6.17 Å². The van der Waals surface area contributed by atoms with E-state index in [1.165, 1.54) is 0 Å². The Bertz CT molecular complexity index is 590. The highest BCUT2D eigenvalue weighted by atomic mass is 32.2. The van der Waals surface area contributed by atoms with Gasteiger partial charge in [-0.15, -0.1) is 0 Å². The van der Waals surface area contributed by atoms with Gasteiger partial charge in [-0.05, 0) is 45.7 Å². The lowest BCUT2D eigenvalue weighted by atomic mass is 10.1. The summed E-state index contributed by atoms with van der Waals surface area (Å²) < 4.78 is 40.7. The number of aryl methyl sites for hydroxylation is 1. The standard InChI is InChI=1S/C14H20FNO2S/c1-9-5-6-13(11(7-9)10-8-12(10)15)19(17,18)16-14(2,3)4/h5-7,10,12,16H,8H2,1-4H3. The van der Waals surface area contributed by atoms with Crippen LogP contribution >= 0.6 is 0 Å². The molecule has 1 saturated carbocycles. The average Bonchev–Trinajstić information content (AvgIpc) is 2.91. The summed E-state index contributed by atoms with van der Waals surface area (Å²) in [4.78, 5) is 0.207. The van der Waals surface area contributed by atoms with Gasteiger partial charge in [0.25, 0.3) is 0 Å². The average molecular weight is 285 g/mol. The molecule has 0 amide bonds. The van der Waals surface area contributed by atoms with E-state index in [1.807, 2.05) is 6.92 Å². The Morgan fingerprint density at radius 3 is 2.37 bits per heavy atom. The van der Waals surface area contributed by atoms with Crippen LogP contribution in [-0.4, -0.2) is 20.1 Å². The molecule has 0 saturated heterocycles. The molecule has 0 aromatic heterocycles. The molecule has 2 atom stereocenters. The Balaban J connectivity index is 2.45. The molecular formula is C14H20FNO2S. The second-order valence-corrected chi connectivity index (χ2v) is 7.91. The highest BCUT2D eigenvalue weighted by Gasteiger charge is 2.42. The van der Waals surface area contributed by atoms with Crippen molar-refractivity contribution in [2.75, 3.05) is 0 Å². The topological polar surface area (TPSA) is 46.2 Å². The third-order valence-electron chi connectivity index (χ3n) is 3.01. The summed E-state index contributed by atoms with van der Waals surface area (Å²) in [5.74, 6) is -0.272. The van der Waals surface area contributed by atoms with E-state index in [1.54, 1.807) is 39.0 Å². The number of hydrogen-bond acceptors (Lipinski definition) is 2. The number of rotatable bonds is 3. The van der Waals surface area contributed by atoms with Crippen molar-refractivity contribution in [3.63, 3.8) is 0 Å². The van der Waals surface area contributed by atoms with E-state index >= 15 is 0 Å². The molecule has 2 rings (SSSR count). The van der Waals surface area contributed by atoms with E-state index in [-0.39, 0.29) is 10.8 Å². The molecule has 1 aromatic carbocycles. The van der Waals surface area contributed by atoms with Gasteiger partial charge in [-0.3, -0.25) is 0 Å². The number of nitrogens with one attached hydrogen (secondary N) is 1. The summed E-state index contributed by atoms with van der Waals surface area (Å²) in [6.45, 7) is 7.24. The second kappa shape index (κ2) is 4.56. The van der Waals surface area contributed by atoms with Gasteiger partial charge in [-0.2, -0.15) is 0 Å². The highest BCUT2D eigenvalue weighted by Crippen LogP contribution is 2.46. The number of hydrogen-bond donors (Lipinski definition) is 1. The molecule has 1 aliphatic rings. The maximum atomic E-state index is 13.3. The largest absolute Gasteiger partial charge is 0.247 e. The van der Waals surface area contributed by atoms with Crippen molar-refractivity contribution in [2.24, 2.45) is 0 Å². The van der Waals surface area contributed by atoms with E-state index in [0.29, 0.717) is 12.0 Å². The fourth-order valence-electron chi connectivity index (χ4n) is 2.15. The van der Waals surface area contributed by atoms with Crippen LogP contribution in [0.4, 0.5) is 4.39 Å². The van der Waals surface area contributed by atoms with Crippen molar-refractivity contribution in [3.8, 4) is 0 Å². The summed E-state index contributed by atoms with van der Waals surface area (Å²) in [6, 6.07) is 5.10. The maximum Gasteiger partial charge on any atom is 0.241 e. The molecular weight excluding hydrogens is 265 g/mol. The summed E-state index contributed by atoms with van der Waals surface area (Å²) in [5, 5.41) is 0. The molecule has 1 aromatic rings. The first-order valence-electron chi connectivity index (χ1n) is 6.39. The molecule has 0 radical (unpaired) electrons. The monoisotopic (exact) mass is 285 g/mol. The first-order chi connectivity index (χ1) is 8.60. The summed E-state index contributed by atoms with van der Waals surface area (Å²) in [7, 11) is -3.61. The van der Waals surface area contributed by atoms with E-state index in [2.05, 4.69) is 4.72 Å². The maximum absolute atomic E-state index is 13.3. The number of halogens is 1. The molecule has 0 aliphatic heterocycles. The minimum Gasteiger partial charge on any atom is -0.247 e. The second-order valence-electron chi connectivity index (χ2n) is 6.25. The van der Waals surface area contributed by atoms with E-state index in [9.17, 15) is 12.8 Å². The first-order valence-corrected chi connectivity index (χ1v) is 7.87. The molecule has 1 fully saturated rings. The molecule has 5 heteroatoms. The Morgan fingerprint density at radius 2 is 1.89 bits per heavy atom. The van der Waals surface area contributed by atoms with E-state index in [4.69, 9.17) is 0 Å². The summed E-state index contributed by atoms with van der Waals surface area (Å²) >= 11 is 0. The van der Waals surface area contributed by atoms with Crippen LogP contribution in [0, 0.1) is 6.92 Å². The minimum atomic E-state index is -3.61. The van der Waals surface area contributed by atoms with Crippen LogP contribution in [0.2, 0.25) is 0 Å². The normalized spacial score (nSPS) is 23.4. The van der Waals surface area contributed by atoms with E-state index < -0.39 is 21.7 Å². The lowest BCUT2D eigenvalue weighted by molar-refractivity contribution is 0.466. The third-order valence-corrected chi connectivity index (χ3v) is 4.84. The van der Waals surface area contributed by atoms with E-state index in [0.717, 1.165) is 5.56 Å². The quantitative estimate of drug-likeness (QED) is 0.928. The zero-order valence-corrected chi connectivity index (χ0v) is 12.5. The van der Waals surface area contributed by atoms with Crippen LogP contribution in [0.3, 0.4) is 0 Å². The van der Waals surface area contributed by atoms with Gasteiger partial charge in [0.05, 0.1) is 4.90 Å². The van der Waals surface area contributed by atoms with Crippen LogP contribution in [0.25, 0.3) is 0 Å². The zero-order valence-electron chi connectivity index (χ0n) is 11.7. The third kappa shape index (κ3) is 3.34. The predicted octanol–water partition coefficient (Wildman–Crippen LogP) is 2.90. The fourth-order valence-corrected chi connectivity index (χ4v) is 3.83. The van der Waals surface area contributed by atoms with Crippen LogP contribution in [0.15, 0.2) is 23.1 Å². The van der Waals surface area contributed by atoms with Crippen LogP contribution in [0.1, 0.15) is 44.2 Å². The van der Waals surface area contributed by atoms with Gasteiger partial charge in [-0.1, -0.05) is 17.7 Å². The highest BCUT2D eigenvalue weighted by molar-refractivity contribution is 7.89. The smallest absolute Gasteiger partial charge is 0.241 e. The van der Waals surface area contributed by atoms with Crippen molar-refractivity contribution in [1.29, 1.82) is 0 Å². The molecule has 19 heavy (non-hydrogen) atoms. The summed E-state index contributed by atoms with van der Waals surface area (Å²) in [5.41, 5.74) is 0.993.